The van der Waals surface area contributed by atoms with E-state index in [9.17, 15) is 0 Å². The second-order valence-electron chi connectivity index (χ2n) is 6.08. The van der Waals surface area contributed by atoms with Crippen molar-refractivity contribution in [1.29, 1.82) is 0 Å². The SMILES string of the molecule is C=C(C)CCC(NCCC)C1CCC(C)CC1. The molecule has 1 nitrogen and oxygen atoms in total. The zero-order valence-electron chi connectivity index (χ0n) is 12.1. The van der Waals surface area contributed by atoms with Gasteiger partial charge in [0, 0.05) is 6.04 Å². The number of hydrogen-bond acceptors (Lipinski definition) is 1. The Labute approximate surface area is 108 Å². The van der Waals surface area contributed by atoms with Crippen LogP contribution < -0.4 is 5.32 Å². The molecule has 1 fully saturated rings. The number of allylic oxidation sites excluding steroid dienone is 1. The summed E-state index contributed by atoms with van der Waals surface area (Å²) in [6.45, 7) is 12.0. The van der Waals surface area contributed by atoms with Gasteiger partial charge in [0.15, 0.2) is 0 Å². The van der Waals surface area contributed by atoms with Crippen molar-refractivity contribution in [3.05, 3.63) is 12.2 Å². The summed E-state index contributed by atoms with van der Waals surface area (Å²) in [5.41, 5.74) is 1.33. The highest BCUT2D eigenvalue weighted by Crippen LogP contribution is 2.32. The molecule has 0 aromatic rings. The molecule has 0 spiro atoms. The summed E-state index contributed by atoms with van der Waals surface area (Å²) in [6.07, 6.45) is 9.44. The number of rotatable bonds is 7. The molecule has 1 aliphatic carbocycles. The van der Waals surface area contributed by atoms with Crippen LogP contribution in [0.15, 0.2) is 12.2 Å². The zero-order valence-corrected chi connectivity index (χ0v) is 12.1. The molecule has 0 aromatic heterocycles. The van der Waals surface area contributed by atoms with Gasteiger partial charge in [0.05, 0.1) is 0 Å². The quantitative estimate of drug-likeness (QED) is 0.641. The average Bonchev–Trinajstić information content (AvgIpc) is 2.30. The third-order valence-corrected chi connectivity index (χ3v) is 4.17. The largest absolute Gasteiger partial charge is 0.314 e. The second-order valence-corrected chi connectivity index (χ2v) is 6.08. The molecule has 1 saturated carbocycles. The molecule has 17 heavy (non-hydrogen) atoms. The van der Waals surface area contributed by atoms with E-state index in [0.717, 1.165) is 17.9 Å². The van der Waals surface area contributed by atoms with Gasteiger partial charge in [-0.1, -0.05) is 32.3 Å². The van der Waals surface area contributed by atoms with E-state index in [2.05, 4.69) is 32.7 Å². The van der Waals surface area contributed by atoms with E-state index in [1.54, 1.807) is 0 Å². The van der Waals surface area contributed by atoms with Crippen molar-refractivity contribution < 1.29 is 0 Å². The van der Waals surface area contributed by atoms with Crippen molar-refractivity contribution in [3.63, 3.8) is 0 Å². The van der Waals surface area contributed by atoms with Gasteiger partial charge in [-0.3, -0.25) is 0 Å². The van der Waals surface area contributed by atoms with Crippen LogP contribution in [0, 0.1) is 11.8 Å². The van der Waals surface area contributed by atoms with E-state index < -0.39 is 0 Å². The molecule has 0 radical (unpaired) electrons. The van der Waals surface area contributed by atoms with Gasteiger partial charge in [-0.2, -0.15) is 0 Å². The van der Waals surface area contributed by atoms with Gasteiger partial charge in [-0.15, -0.1) is 6.58 Å². The number of nitrogens with one attached hydrogen (secondary N) is 1. The summed E-state index contributed by atoms with van der Waals surface area (Å²) in [7, 11) is 0. The van der Waals surface area contributed by atoms with Crippen molar-refractivity contribution in [1.82, 2.24) is 5.32 Å². The van der Waals surface area contributed by atoms with Crippen molar-refractivity contribution >= 4 is 0 Å². The molecule has 0 amide bonds. The van der Waals surface area contributed by atoms with Crippen LogP contribution in [-0.2, 0) is 0 Å². The van der Waals surface area contributed by atoms with Crippen LogP contribution in [0.5, 0.6) is 0 Å². The second kappa shape index (κ2) is 7.92. The molecular weight excluding hydrogens is 206 g/mol. The maximum atomic E-state index is 4.04. The monoisotopic (exact) mass is 237 g/mol. The summed E-state index contributed by atoms with van der Waals surface area (Å²) in [4.78, 5) is 0. The lowest BCUT2D eigenvalue weighted by atomic mass is 9.78. The van der Waals surface area contributed by atoms with Crippen LogP contribution >= 0.6 is 0 Å². The van der Waals surface area contributed by atoms with Crippen LogP contribution in [-0.4, -0.2) is 12.6 Å². The lowest BCUT2D eigenvalue weighted by Crippen LogP contribution is -2.38. The molecule has 0 aliphatic heterocycles. The molecule has 1 N–H and O–H groups in total. The van der Waals surface area contributed by atoms with E-state index in [-0.39, 0.29) is 0 Å². The van der Waals surface area contributed by atoms with Crippen LogP contribution in [0.25, 0.3) is 0 Å². The van der Waals surface area contributed by atoms with Gasteiger partial charge < -0.3 is 5.32 Å². The van der Waals surface area contributed by atoms with Gasteiger partial charge in [0.1, 0.15) is 0 Å². The van der Waals surface area contributed by atoms with E-state index in [1.165, 1.54) is 57.1 Å². The highest BCUT2D eigenvalue weighted by atomic mass is 14.9. The molecular formula is C16H31N. The fourth-order valence-corrected chi connectivity index (χ4v) is 2.92. The maximum absolute atomic E-state index is 4.04. The van der Waals surface area contributed by atoms with Crippen molar-refractivity contribution in [2.24, 2.45) is 11.8 Å². The third-order valence-electron chi connectivity index (χ3n) is 4.17. The Hall–Kier alpha value is -0.300. The van der Waals surface area contributed by atoms with Crippen molar-refractivity contribution in [2.45, 2.75) is 71.8 Å². The summed E-state index contributed by atoms with van der Waals surface area (Å²) < 4.78 is 0. The van der Waals surface area contributed by atoms with E-state index in [0.29, 0.717) is 0 Å². The van der Waals surface area contributed by atoms with E-state index >= 15 is 0 Å². The van der Waals surface area contributed by atoms with Gasteiger partial charge in [0.2, 0.25) is 0 Å². The topological polar surface area (TPSA) is 12.0 Å². The Morgan fingerprint density at radius 2 is 1.94 bits per heavy atom. The van der Waals surface area contributed by atoms with Gasteiger partial charge in [0.25, 0.3) is 0 Å². The molecule has 1 aliphatic rings. The van der Waals surface area contributed by atoms with E-state index in [1.807, 2.05) is 0 Å². The molecule has 1 atom stereocenters. The summed E-state index contributed by atoms with van der Waals surface area (Å²) in [5.74, 6) is 1.87. The molecule has 0 bridgehead atoms. The van der Waals surface area contributed by atoms with Crippen LogP contribution in [0.1, 0.15) is 65.7 Å². The Kier molecular flexibility index (Phi) is 6.87. The van der Waals surface area contributed by atoms with Crippen molar-refractivity contribution in [2.75, 3.05) is 6.54 Å². The molecule has 0 heterocycles. The highest BCUT2D eigenvalue weighted by molar-refractivity contribution is 4.91. The zero-order chi connectivity index (χ0) is 12.7. The van der Waals surface area contributed by atoms with E-state index in [4.69, 9.17) is 0 Å². The Balaban J connectivity index is 2.40. The first-order valence-corrected chi connectivity index (χ1v) is 7.51. The van der Waals surface area contributed by atoms with Crippen LogP contribution in [0.3, 0.4) is 0 Å². The first-order chi connectivity index (χ1) is 8.13. The minimum atomic E-state index is 0.735. The van der Waals surface area contributed by atoms with Crippen LogP contribution in [0.4, 0.5) is 0 Å². The summed E-state index contributed by atoms with van der Waals surface area (Å²) in [5, 5.41) is 3.77. The van der Waals surface area contributed by atoms with Gasteiger partial charge in [-0.25, -0.2) is 0 Å². The minimum absolute atomic E-state index is 0.735. The summed E-state index contributed by atoms with van der Waals surface area (Å²) >= 11 is 0. The smallest absolute Gasteiger partial charge is 0.00983 e. The first-order valence-electron chi connectivity index (χ1n) is 7.51. The molecule has 100 valence electrons. The average molecular weight is 237 g/mol. The number of hydrogen-bond donors (Lipinski definition) is 1. The van der Waals surface area contributed by atoms with Crippen molar-refractivity contribution in [3.8, 4) is 0 Å². The predicted molar refractivity (Wildman–Crippen MR) is 77.3 cm³/mol. The fourth-order valence-electron chi connectivity index (χ4n) is 2.92. The molecule has 0 saturated heterocycles. The highest BCUT2D eigenvalue weighted by Gasteiger charge is 2.25. The molecule has 1 heteroatoms. The molecule has 1 unspecified atom stereocenters. The summed E-state index contributed by atoms with van der Waals surface area (Å²) in [6, 6.07) is 0.735. The maximum Gasteiger partial charge on any atom is 0.00983 e. The van der Waals surface area contributed by atoms with Gasteiger partial charge in [-0.05, 0) is 57.4 Å². The Morgan fingerprint density at radius 1 is 1.29 bits per heavy atom. The van der Waals surface area contributed by atoms with Crippen LogP contribution in [0.2, 0.25) is 0 Å². The Bertz CT molecular complexity index is 214. The molecule has 1 rings (SSSR count). The minimum Gasteiger partial charge on any atom is -0.314 e. The first kappa shape index (κ1) is 14.8. The lowest BCUT2D eigenvalue weighted by molar-refractivity contribution is 0.222. The Morgan fingerprint density at radius 3 is 2.47 bits per heavy atom. The molecule has 0 aromatic carbocycles. The fraction of sp³-hybridized carbons (Fsp3) is 0.875. The normalized spacial score (nSPS) is 26.8. The lowest BCUT2D eigenvalue weighted by Gasteiger charge is -2.33. The third kappa shape index (κ3) is 5.72. The predicted octanol–water partition coefficient (Wildman–Crippen LogP) is 4.54. The standard InChI is InChI=1S/C16H31N/c1-5-12-17-16(11-6-13(2)3)15-9-7-14(4)8-10-15/h14-17H,2,5-12H2,1,3-4H3. The van der Waals surface area contributed by atoms with Gasteiger partial charge >= 0.3 is 0 Å².